The molecular weight excluding hydrogens is 567 g/mol. The molecule has 6 rings (SSSR count). The Morgan fingerprint density at radius 3 is 2.86 bits per heavy atom. The Morgan fingerprint density at radius 1 is 1.19 bits per heavy atom. The average Bonchev–Trinajstić information content (AvgIpc) is 3.76. The molecule has 218 valence electrons. The molecule has 0 spiro atoms. The van der Waals surface area contributed by atoms with Crippen LogP contribution in [0.1, 0.15) is 18.7 Å². The molecule has 4 aromatic heterocycles. The number of carbonyl (C=O) groups excluding carboxylic acids is 1. The number of carbonyl (C=O) groups is 1. The van der Waals surface area contributed by atoms with Crippen LogP contribution in [0.15, 0.2) is 72.8 Å². The molecule has 0 bridgehead atoms. The predicted molar refractivity (Wildman–Crippen MR) is 166 cm³/mol. The van der Waals surface area contributed by atoms with Crippen molar-refractivity contribution in [3.8, 4) is 39.5 Å². The monoisotopic (exact) mass is 596 g/mol. The van der Waals surface area contributed by atoms with Crippen LogP contribution in [0.25, 0.3) is 54.8 Å². The van der Waals surface area contributed by atoms with Crippen LogP contribution in [-0.2, 0) is 16.6 Å². The lowest BCUT2D eigenvalue weighted by molar-refractivity contribution is -0.117. The van der Waals surface area contributed by atoms with Crippen LogP contribution in [0.3, 0.4) is 0 Å². The Bertz CT molecular complexity index is 1980. The molecule has 4 heterocycles. The first kappa shape index (κ1) is 28.3. The van der Waals surface area contributed by atoms with E-state index in [9.17, 15) is 4.79 Å². The fraction of sp³-hybridized carbons (Fsp3) is 0.188. The summed E-state index contributed by atoms with van der Waals surface area (Å²) in [7, 11) is 3.47. The number of amides is 1. The summed E-state index contributed by atoms with van der Waals surface area (Å²) in [6.07, 6.45) is 3.18. The quantitative estimate of drug-likeness (QED) is 0.139. The summed E-state index contributed by atoms with van der Waals surface area (Å²) >= 11 is 1.53. The van der Waals surface area contributed by atoms with Gasteiger partial charge in [-0.05, 0) is 48.7 Å². The maximum atomic E-state index is 15.9. The van der Waals surface area contributed by atoms with Gasteiger partial charge in [0.25, 0.3) is 0 Å². The van der Waals surface area contributed by atoms with Crippen LogP contribution in [0.5, 0.6) is 5.75 Å². The second-order valence-corrected chi connectivity index (χ2v) is 10.9. The van der Waals surface area contributed by atoms with E-state index in [1.165, 1.54) is 23.5 Å². The highest BCUT2D eigenvalue weighted by Crippen LogP contribution is 2.46. The van der Waals surface area contributed by atoms with Crippen molar-refractivity contribution in [2.24, 2.45) is 7.05 Å². The summed E-state index contributed by atoms with van der Waals surface area (Å²) in [4.78, 5) is 17.1. The van der Waals surface area contributed by atoms with E-state index in [1.54, 1.807) is 23.9 Å². The number of fused-ring (bicyclic) bond motifs is 2. The molecule has 0 unspecified atom stereocenters. The second kappa shape index (κ2) is 11.8. The summed E-state index contributed by atoms with van der Waals surface area (Å²) in [6, 6.07) is 14.2. The highest BCUT2D eigenvalue weighted by molar-refractivity contribution is 7.17. The van der Waals surface area contributed by atoms with Crippen molar-refractivity contribution in [1.29, 1.82) is 0 Å². The maximum absolute atomic E-state index is 15.9. The summed E-state index contributed by atoms with van der Waals surface area (Å²) in [5, 5.41) is 18.8. The fourth-order valence-corrected chi connectivity index (χ4v) is 6.00. The number of methoxy groups -OCH3 is 1. The summed E-state index contributed by atoms with van der Waals surface area (Å²) in [6.45, 7) is 5.95. The molecule has 0 radical (unpaired) electrons. The van der Waals surface area contributed by atoms with Gasteiger partial charge in [-0.1, -0.05) is 24.8 Å². The van der Waals surface area contributed by atoms with Gasteiger partial charge in [-0.25, -0.2) is 9.37 Å². The van der Waals surface area contributed by atoms with Gasteiger partial charge in [-0.2, -0.15) is 10.2 Å². The van der Waals surface area contributed by atoms with Crippen LogP contribution >= 0.6 is 11.3 Å². The maximum Gasteiger partial charge on any atom is 0.243 e. The third-order valence-electron chi connectivity index (χ3n) is 7.13. The SMILES string of the molecule is C=CC(=O)N[C@H](C)c1cc(-c2nc(-c3ccc4cn(C)nc4c3)c3sccc3c2-c2c(F)cccc2OCCOC)n[nH]1. The van der Waals surface area contributed by atoms with E-state index in [0.717, 1.165) is 32.2 Å². The number of ether oxygens (including phenoxy) is 2. The molecule has 0 aliphatic heterocycles. The third-order valence-corrected chi connectivity index (χ3v) is 8.05. The van der Waals surface area contributed by atoms with Crippen molar-refractivity contribution < 1.29 is 18.7 Å². The molecule has 2 N–H and O–H groups in total. The highest BCUT2D eigenvalue weighted by atomic mass is 32.1. The van der Waals surface area contributed by atoms with E-state index in [1.807, 2.05) is 55.9 Å². The number of nitrogens with zero attached hydrogens (tertiary/aromatic N) is 4. The average molecular weight is 597 g/mol. The summed E-state index contributed by atoms with van der Waals surface area (Å²) < 4.78 is 29.7. The number of pyridine rings is 1. The van der Waals surface area contributed by atoms with Gasteiger partial charge in [0.1, 0.15) is 23.9 Å². The van der Waals surface area contributed by atoms with Gasteiger partial charge >= 0.3 is 0 Å². The van der Waals surface area contributed by atoms with Gasteiger partial charge in [0, 0.05) is 42.3 Å². The first-order chi connectivity index (χ1) is 20.9. The number of halogens is 1. The molecule has 1 amide bonds. The molecule has 0 saturated heterocycles. The van der Waals surface area contributed by atoms with Crippen molar-refractivity contribution in [2.45, 2.75) is 13.0 Å². The number of hydrogen-bond donors (Lipinski definition) is 2. The normalized spacial score (nSPS) is 12.1. The topological polar surface area (TPSA) is 107 Å². The Labute approximate surface area is 251 Å². The third kappa shape index (κ3) is 5.40. The Balaban J connectivity index is 1.60. The zero-order valence-corrected chi connectivity index (χ0v) is 24.7. The van der Waals surface area contributed by atoms with Gasteiger partial charge in [-0.15, -0.1) is 11.3 Å². The number of nitrogens with one attached hydrogen (secondary N) is 2. The van der Waals surface area contributed by atoms with Crippen molar-refractivity contribution in [3.63, 3.8) is 0 Å². The lowest BCUT2D eigenvalue weighted by Gasteiger charge is -2.17. The zero-order chi connectivity index (χ0) is 30.1. The van der Waals surface area contributed by atoms with E-state index >= 15 is 4.39 Å². The number of aromatic amines is 1. The summed E-state index contributed by atoms with van der Waals surface area (Å²) in [5.41, 5.74) is 4.90. The Kier molecular flexibility index (Phi) is 7.75. The molecule has 0 aliphatic rings. The van der Waals surface area contributed by atoms with Crippen molar-refractivity contribution >= 4 is 38.2 Å². The molecule has 11 heteroatoms. The molecule has 43 heavy (non-hydrogen) atoms. The molecular formula is C32H29FN6O3S. The lowest BCUT2D eigenvalue weighted by Crippen LogP contribution is -2.24. The molecule has 2 aromatic carbocycles. The van der Waals surface area contributed by atoms with E-state index in [-0.39, 0.29) is 24.1 Å². The second-order valence-electron chi connectivity index (χ2n) is 10.0. The standard InChI is InChI=1S/C32H29FN6O3S/c1-5-27(40)34-18(2)23-16-25(37-36-23)31-28(29-22(33)7-6-8-26(29)42-13-12-41-4)21-11-14-43-32(21)30(35-31)19-9-10-20-17-39(3)38-24(20)15-19/h5-11,14-18H,1,12-13H2,2-4H3,(H,34,40)(H,36,37)/t18-/m1/s1. The summed E-state index contributed by atoms with van der Waals surface area (Å²) in [5.74, 6) is -0.383. The molecule has 9 nitrogen and oxygen atoms in total. The molecule has 6 aromatic rings. The molecule has 0 saturated carbocycles. The van der Waals surface area contributed by atoms with E-state index < -0.39 is 5.82 Å². The van der Waals surface area contributed by atoms with Gasteiger partial charge in [0.15, 0.2) is 0 Å². The van der Waals surface area contributed by atoms with Crippen LogP contribution in [0.4, 0.5) is 4.39 Å². The smallest absolute Gasteiger partial charge is 0.243 e. The van der Waals surface area contributed by atoms with Crippen molar-refractivity contribution in [1.82, 2.24) is 30.3 Å². The number of aryl methyl sites for hydroxylation is 1. The van der Waals surface area contributed by atoms with Gasteiger partial charge < -0.3 is 14.8 Å². The lowest BCUT2D eigenvalue weighted by atomic mass is 9.95. The van der Waals surface area contributed by atoms with Crippen LogP contribution in [0.2, 0.25) is 0 Å². The van der Waals surface area contributed by atoms with E-state index in [0.29, 0.717) is 35.0 Å². The minimum atomic E-state index is -0.449. The van der Waals surface area contributed by atoms with Crippen LogP contribution < -0.4 is 10.1 Å². The number of hydrogen-bond acceptors (Lipinski definition) is 7. The Morgan fingerprint density at radius 2 is 2.05 bits per heavy atom. The largest absolute Gasteiger partial charge is 0.490 e. The first-order valence-electron chi connectivity index (χ1n) is 13.6. The van der Waals surface area contributed by atoms with Gasteiger partial charge in [0.05, 0.1) is 45.5 Å². The number of aromatic nitrogens is 5. The highest BCUT2D eigenvalue weighted by Gasteiger charge is 2.26. The zero-order valence-electron chi connectivity index (χ0n) is 23.8. The minimum Gasteiger partial charge on any atom is -0.490 e. The number of benzene rings is 2. The fourth-order valence-electron chi connectivity index (χ4n) is 5.09. The Hall–Kier alpha value is -4.87. The number of thiophene rings is 1. The van der Waals surface area contributed by atoms with Gasteiger partial charge in [0.2, 0.25) is 5.91 Å². The first-order valence-corrected chi connectivity index (χ1v) is 14.5. The van der Waals surface area contributed by atoms with Crippen molar-refractivity contribution in [3.05, 3.63) is 84.3 Å². The van der Waals surface area contributed by atoms with E-state index in [2.05, 4.69) is 27.2 Å². The number of rotatable bonds is 10. The minimum absolute atomic E-state index is 0.248. The molecule has 0 fully saturated rings. The van der Waals surface area contributed by atoms with E-state index in [4.69, 9.17) is 14.5 Å². The van der Waals surface area contributed by atoms with Crippen LogP contribution in [0, 0.1) is 5.82 Å². The molecule has 1 atom stereocenters. The van der Waals surface area contributed by atoms with Gasteiger partial charge in [-0.3, -0.25) is 14.6 Å². The molecule has 0 aliphatic carbocycles. The number of H-pyrrole nitrogens is 1. The van der Waals surface area contributed by atoms with Crippen molar-refractivity contribution in [2.75, 3.05) is 20.3 Å². The predicted octanol–water partition coefficient (Wildman–Crippen LogP) is 6.43. The van der Waals surface area contributed by atoms with Crippen LogP contribution in [-0.4, -0.2) is 51.2 Å².